The molecule has 2 rings (SSSR count). The van der Waals surface area contributed by atoms with E-state index in [1.165, 1.54) is 24.3 Å². The second kappa shape index (κ2) is 4.67. The summed E-state index contributed by atoms with van der Waals surface area (Å²) < 4.78 is 4.62. The summed E-state index contributed by atoms with van der Waals surface area (Å²) in [6.07, 6.45) is 1.58. The van der Waals surface area contributed by atoms with E-state index in [-0.39, 0.29) is 30.0 Å². The quantitative estimate of drug-likeness (QED) is 0.726. The highest BCUT2D eigenvalue weighted by molar-refractivity contribution is 6.29. The van der Waals surface area contributed by atoms with Crippen LogP contribution in [0.15, 0.2) is 12.3 Å². The molecule has 1 amide bonds. The van der Waals surface area contributed by atoms with E-state index < -0.39 is 5.92 Å². The Bertz CT molecular complexity index is 466. The van der Waals surface area contributed by atoms with E-state index in [2.05, 4.69) is 14.9 Å². The summed E-state index contributed by atoms with van der Waals surface area (Å²) >= 11 is 5.69. The number of hydrogen-bond acceptors (Lipinski definition) is 5. The number of halogens is 1. The number of amides is 1. The molecular weight excluding hydrogens is 246 g/mol. The van der Waals surface area contributed by atoms with E-state index in [0.29, 0.717) is 5.69 Å². The second-order valence-corrected chi connectivity index (χ2v) is 4.05. The number of esters is 1. The van der Waals surface area contributed by atoms with E-state index in [9.17, 15) is 9.59 Å². The molecule has 0 radical (unpaired) electrons. The lowest BCUT2D eigenvalue weighted by molar-refractivity contribution is -0.145. The van der Waals surface area contributed by atoms with Gasteiger partial charge in [-0.15, -0.1) is 5.10 Å². The molecule has 7 heteroatoms. The molecule has 6 nitrogen and oxygen atoms in total. The standard InChI is InChI=1S/C10H10ClN3O3/c1-17-10(16)6-2-9(15)14(5-6)7-3-8(11)13-12-4-7/h3-4,6H,2,5H2,1H3. The zero-order valence-corrected chi connectivity index (χ0v) is 9.85. The van der Waals surface area contributed by atoms with Crippen LogP contribution < -0.4 is 4.90 Å². The largest absolute Gasteiger partial charge is 0.469 e. The lowest BCUT2D eigenvalue weighted by atomic mass is 10.1. The van der Waals surface area contributed by atoms with Crippen molar-refractivity contribution in [1.29, 1.82) is 0 Å². The molecule has 1 aromatic rings. The third-order valence-electron chi connectivity index (χ3n) is 2.58. The maximum absolute atomic E-state index is 11.7. The summed E-state index contributed by atoms with van der Waals surface area (Å²) in [7, 11) is 1.31. The van der Waals surface area contributed by atoms with Gasteiger partial charge in [0.05, 0.1) is 24.9 Å². The SMILES string of the molecule is COC(=O)C1CC(=O)N(c2cnnc(Cl)c2)C1. The van der Waals surface area contributed by atoms with Crippen LogP contribution in [-0.4, -0.2) is 35.7 Å². The summed E-state index contributed by atoms with van der Waals surface area (Å²) in [4.78, 5) is 24.6. The van der Waals surface area contributed by atoms with Gasteiger partial charge in [-0.05, 0) is 0 Å². The van der Waals surface area contributed by atoms with E-state index in [0.717, 1.165) is 0 Å². The summed E-state index contributed by atoms with van der Waals surface area (Å²) in [5.74, 6) is -0.960. The van der Waals surface area contributed by atoms with Crippen LogP contribution >= 0.6 is 11.6 Å². The van der Waals surface area contributed by atoms with Gasteiger partial charge >= 0.3 is 5.97 Å². The molecule has 1 fully saturated rings. The van der Waals surface area contributed by atoms with E-state index in [1.54, 1.807) is 0 Å². The van der Waals surface area contributed by atoms with Gasteiger partial charge < -0.3 is 9.64 Å². The molecule has 0 bridgehead atoms. The highest BCUT2D eigenvalue weighted by Crippen LogP contribution is 2.26. The first-order valence-electron chi connectivity index (χ1n) is 4.98. The second-order valence-electron chi connectivity index (χ2n) is 3.67. The molecule has 0 saturated carbocycles. The Kier molecular flexibility index (Phi) is 3.23. The van der Waals surface area contributed by atoms with Crippen LogP contribution in [0, 0.1) is 5.92 Å². The zero-order chi connectivity index (χ0) is 12.4. The van der Waals surface area contributed by atoms with Crippen LogP contribution in [0.4, 0.5) is 5.69 Å². The first-order chi connectivity index (χ1) is 8.11. The van der Waals surface area contributed by atoms with Crippen LogP contribution in [-0.2, 0) is 14.3 Å². The van der Waals surface area contributed by atoms with Crippen molar-refractivity contribution in [3.8, 4) is 0 Å². The lowest BCUT2D eigenvalue weighted by Gasteiger charge is -2.15. The van der Waals surface area contributed by atoms with Crippen LogP contribution in [0.1, 0.15) is 6.42 Å². The molecule has 1 unspecified atom stereocenters. The van der Waals surface area contributed by atoms with Crippen molar-refractivity contribution >= 4 is 29.2 Å². The maximum Gasteiger partial charge on any atom is 0.311 e. The van der Waals surface area contributed by atoms with E-state index >= 15 is 0 Å². The minimum atomic E-state index is -0.431. The van der Waals surface area contributed by atoms with Gasteiger partial charge in [-0.25, -0.2) is 0 Å². The van der Waals surface area contributed by atoms with Crippen LogP contribution in [0.5, 0.6) is 0 Å². The van der Waals surface area contributed by atoms with Gasteiger partial charge in [-0.3, -0.25) is 9.59 Å². The number of carbonyl (C=O) groups excluding carboxylic acids is 2. The van der Waals surface area contributed by atoms with Gasteiger partial charge in [0.15, 0.2) is 5.15 Å². The highest BCUT2D eigenvalue weighted by atomic mass is 35.5. The topological polar surface area (TPSA) is 72.4 Å². The molecule has 1 saturated heterocycles. The fourth-order valence-electron chi connectivity index (χ4n) is 1.76. The highest BCUT2D eigenvalue weighted by Gasteiger charge is 2.36. The number of carbonyl (C=O) groups is 2. The van der Waals surface area contributed by atoms with Gasteiger partial charge in [0.2, 0.25) is 5.91 Å². The number of anilines is 1. The van der Waals surface area contributed by atoms with Crippen molar-refractivity contribution in [2.45, 2.75) is 6.42 Å². The molecule has 2 heterocycles. The van der Waals surface area contributed by atoms with Crippen LogP contribution in [0.2, 0.25) is 5.15 Å². The third-order valence-corrected chi connectivity index (χ3v) is 2.77. The smallest absolute Gasteiger partial charge is 0.311 e. The molecule has 0 N–H and O–H groups in total. The van der Waals surface area contributed by atoms with E-state index in [4.69, 9.17) is 11.6 Å². The maximum atomic E-state index is 11.7. The van der Waals surface area contributed by atoms with Gasteiger partial charge in [0.1, 0.15) is 0 Å². The summed E-state index contributed by atoms with van der Waals surface area (Å²) in [6, 6.07) is 1.53. The van der Waals surface area contributed by atoms with Crippen molar-refractivity contribution in [3.63, 3.8) is 0 Å². The molecular formula is C10H10ClN3O3. The first kappa shape index (κ1) is 11.8. The molecule has 0 aromatic carbocycles. The number of ether oxygens (including phenoxy) is 1. The zero-order valence-electron chi connectivity index (χ0n) is 9.09. The van der Waals surface area contributed by atoms with Gasteiger partial charge in [-0.1, -0.05) is 11.6 Å². The Balaban J connectivity index is 2.18. The van der Waals surface area contributed by atoms with Crippen molar-refractivity contribution in [1.82, 2.24) is 10.2 Å². The lowest BCUT2D eigenvalue weighted by Crippen LogP contribution is -2.26. The molecule has 0 aliphatic carbocycles. The Hall–Kier alpha value is -1.69. The molecule has 0 spiro atoms. The van der Waals surface area contributed by atoms with Crippen LogP contribution in [0.25, 0.3) is 0 Å². The average Bonchev–Trinajstić information content (AvgIpc) is 2.70. The molecule has 1 atom stereocenters. The van der Waals surface area contributed by atoms with Crippen molar-refractivity contribution in [3.05, 3.63) is 17.4 Å². The van der Waals surface area contributed by atoms with Crippen molar-refractivity contribution in [2.24, 2.45) is 5.92 Å². The molecule has 1 aliphatic rings. The number of hydrogen-bond donors (Lipinski definition) is 0. The summed E-state index contributed by atoms with van der Waals surface area (Å²) in [6.45, 7) is 0.285. The van der Waals surface area contributed by atoms with Gasteiger partial charge in [0, 0.05) is 19.0 Å². The number of methoxy groups -OCH3 is 1. The van der Waals surface area contributed by atoms with Gasteiger partial charge in [0.25, 0.3) is 0 Å². The van der Waals surface area contributed by atoms with E-state index in [1.807, 2.05) is 0 Å². The molecule has 1 aliphatic heterocycles. The normalized spacial score (nSPS) is 19.5. The molecule has 17 heavy (non-hydrogen) atoms. The Morgan fingerprint density at radius 1 is 1.65 bits per heavy atom. The number of rotatable bonds is 2. The fraction of sp³-hybridized carbons (Fsp3) is 0.400. The Morgan fingerprint density at radius 3 is 3.06 bits per heavy atom. The third kappa shape index (κ3) is 2.36. The fourth-order valence-corrected chi connectivity index (χ4v) is 1.92. The minimum absolute atomic E-state index is 0.145. The predicted molar refractivity (Wildman–Crippen MR) is 59.5 cm³/mol. The minimum Gasteiger partial charge on any atom is -0.469 e. The van der Waals surface area contributed by atoms with Crippen LogP contribution in [0.3, 0.4) is 0 Å². The summed E-state index contributed by atoms with van der Waals surface area (Å²) in [5, 5.41) is 7.46. The predicted octanol–water partition coefficient (Wildman–Crippen LogP) is 0.656. The Morgan fingerprint density at radius 2 is 2.41 bits per heavy atom. The average molecular weight is 256 g/mol. The Labute approximate surface area is 103 Å². The monoisotopic (exact) mass is 255 g/mol. The van der Waals surface area contributed by atoms with Crippen molar-refractivity contribution < 1.29 is 14.3 Å². The number of nitrogens with zero attached hydrogens (tertiary/aromatic N) is 3. The number of aromatic nitrogens is 2. The molecule has 1 aromatic heterocycles. The first-order valence-corrected chi connectivity index (χ1v) is 5.36. The van der Waals surface area contributed by atoms with Crippen molar-refractivity contribution in [2.75, 3.05) is 18.6 Å². The summed E-state index contributed by atoms with van der Waals surface area (Å²) in [5.41, 5.74) is 0.543. The van der Waals surface area contributed by atoms with Gasteiger partial charge in [-0.2, -0.15) is 5.10 Å². The molecule has 90 valence electrons.